The zero-order valence-electron chi connectivity index (χ0n) is 33.8. The first-order chi connectivity index (χ1) is 25.5. The van der Waals surface area contributed by atoms with E-state index in [9.17, 15) is 4.79 Å². The predicted molar refractivity (Wildman–Crippen MR) is 224 cm³/mol. The Labute approximate surface area is 319 Å². The largest absolute Gasteiger partial charge is 0.423 e. The van der Waals surface area contributed by atoms with Crippen LogP contribution >= 0.6 is 0 Å². The minimum atomic E-state index is -0.327. The Morgan fingerprint density at radius 2 is 0.923 bits per heavy atom. The maximum Gasteiger partial charge on any atom is 0.343 e. The van der Waals surface area contributed by atoms with Crippen LogP contribution < -0.4 is 4.74 Å². The molecule has 288 valence electrons. The van der Waals surface area contributed by atoms with Crippen molar-refractivity contribution in [3.63, 3.8) is 0 Å². The number of benzene rings is 3. The first kappa shape index (κ1) is 43.5. The van der Waals surface area contributed by atoms with Gasteiger partial charge in [-0.15, -0.1) is 0 Å². The topological polar surface area (TPSA) is 35.5 Å². The highest BCUT2D eigenvalue weighted by Gasteiger charge is 2.13. The minimum absolute atomic E-state index is 0.0833. The van der Waals surface area contributed by atoms with Gasteiger partial charge in [0.2, 0.25) is 0 Å². The molecular weight excluding hydrogens is 637 g/mol. The molecule has 0 bridgehead atoms. The van der Waals surface area contributed by atoms with E-state index >= 15 is 0 Å². The van der Waals surface area contributed by atoms with Crippen molar-refractivity contribution in [1.82, 2.24) is 0 Å². The third-order valence-electron chi connectivity index (χ3n) is 10.8. The van der Waals surface area contributed by atoms with Crippen molar-refractivity contribution in [2.45, 2.75) is 187 Å². The Balaban J connectivity index is 1.25. The second kappa shape index (κ2) is 27.7. The molecule has 0 aliphatic heterocycles. The lowest BCUT2D eigenvalue weighted by Crippen LogP contribution is -2.08. The van der Waals surface area contributed by atoms with Gasteiger partial charge in [-0.1, -0.05) is 198 Å². The molecule has 52 heavy (non-hydrogen) atoms. The summed E-state index contributed by atoms with van der Waals surface area (Å²) in [5.41, 5.74) is 5.29. The molecular formula is C49H74O3. The Hall–Kier alpha value is -2.91. The maximum atomic E-state index is 12.9. The quantitative estimate of drug-likeness (QED) is 0.0392. The van der Waals surface area contributed by atoms with Crippen LogP contribution in [0.4, 0.5) is 0 Å². The van der Waals surface area contributed by atoms with E-state index in [1.54, 1.807) is 0 Å². The van der Waals surface area contributed by atoms with E-state index in [0.29, 0.717) is 17.2 Å². The van der Waals surface area contributed by atoms with E-state index in [0.717, 1.165) is 24.2 Å². The first-order valence-corrected chi connectivity index (χ1v) is 21.7. The minimum Gasteiger partial charge on any atom is -0.423 e. The molecule has 3 rings (SSSR count). The van der Waals surface area contributed by atoms with E-state index in [-0.39, 0.29) is 12.1 Å². The summed E-state index contributed by atoms with van der Waals surface area (Å²) in [5, 5.41) is 0. The van der Waals surface area contributed by atoms with Crippen LogP contribution in [0.15, 0.2) is 72.8 Å². The molecule has 3 aromatic rings. The highest BCUT2D eigenvalue weighted by atomic mass is 16.5. The summed E-state index contributed by atoms with van der Waals surface area (Å²) in [5.74, 6) is 0.845. The molecule has 0 saturated carbocycles. The number of hydrogen-bond donors (Lipinski definition) is 0. The number of carbonyl (C=O) groups excluding carboxylic acids is 1. The monoisotopic (exact) mass is 711 g/mol. The standard InChI is InChI=1S/C49H74O3/c1-5-8-10-11-12-13-14-15-16-17-18-19-20-21-22-23-24-25-40-51-41(4)42-28-30-44(31-29-42)45-32-34-47(35-33-45)49(50)52-48-38-36-46(37-39-48)43(26-7-3)27-9-6-2/h28-39,41,43H,5-27,40H2,1-4H3. The van der Waals surface area contributed by atoms with Crippen molar-refractivity contribution in [1.29, 1.82) is 0 Å². The summed E-state index contributed by atoms with van der Waals surface area (Å²) in [6.07, 6.45) is 31.2. The molecule has 2 atom stereocenters. The molecule has 3 aromatic carbocycles. The van der Waals surface area contributed by atoms with Gasteiger partial charge >= 0.3 is 5.97 Å². The van der Waals surface area contributed by atoms with E-state index in [4.69, 9.17) is 9.47 Å². The summed E-state index contributed by atoms with van der Waals surface area (Å²) in [6, 6.07) is 24.4. The molecule has 0 spiro atoms. The lowest BCUT2D eigenvalue weighted by Gasteiger charge is -2.16. The van der Waals surface area contributed by atoms with Gasteiger partial charge in [0, 0.05) is 6.61 Å². The fourth-order valence-electron chi connectivity index (χ4n) is 7.36. The van der Waals surface area contributed by atoms with Crippen molar-refractivity contribution >= 4 is 5.97 Å². The second-order valence-corrected chi connectivity index (χ2v) is 15.3. The Kier molecular flexibility index (Phi) is 23.1. The molecule has 3 nitrogen and oxygen atoms in total. The van der Waals surface area contributed by atoms with Gasteiger partial charge in [-0.05, 0) is 78.6 Å². The molecule has 0 heterocycles. The van der Waals surface area contributed by atoms with Crippen molar-refractivity contribution in [2.24, 2.45) is 0 Å². The average molecular weight is 711 g/mol. The van der Waals surface area contributed by atoms with Crippen molar-refractivity contribution in [2.75, 3.05) is 6.61 Å². The number of rotatable bonds is 30. The molecule has 0 saturated heterocycles. The molecule has 0 aromatic heterocycles. The van der Waals surface area contributed by atoms with Crippen molar-refractivity contribution in [3.8, 4) is 16.9 Å². The van der Waals surface area contributed by atoms with E-state index in [1.807, 2.05) is 36.4 Å². The molecule has 2 unspecified atom stereocenters. The van der Waals surface area contributed by atoms with Crippen molar-refractivity contribution < 1.29 is 14.3 Å². The van der Waals surface area contributed by atoms with E-state index in [2.05, 4.69) is 64.1 Å². The Morgan fingerprint density at radius 1 is 0.481 bits per heavy atom. The summed E-state index contributed by atoms with van der Waals surface area (Å²) >= 11 is 0. The Morgan fingerprint density at radius 3 is 1.40 bits per heavy atom. The lowest BCUT2D eigenvalue weighted by molar-refractivity contribution is 0.0627. The van der Waals surface area contributed by atoms with Crippen LogP contribution in [0.2, 0.25) is 0 Å². The van der Waals surface area contributed by atoms with Crippen molar-refractivity contribution in [3.05, 3.63) is 89.5 Å². The highest BCUT2D eigenvalue weighted by molar-refractivity contribution is 5.91. The first-order valence-electron chi connectivity index (χ1n) is 21.7. The molecule has 0 radical (unpaired) electrons. The third kappa shape index (κ3) is 17.7. The fourth-order valence-corrected chi connectivity index (χ4v) is 7.36. The predicted octanol–water partition coefficient (Wildman–Crippen LogP) is 15.8. The average Bonchev–Trinajstić information content (AvgIpc) is 3.17. The van der Waals surface area contributed by atoms with E-state index in [1.165, 1.54) is 152 Å². The normalized spacial score (nSPS) is 12.5. The van der Waals surface area contributed by atoms with Gasteiger partial charge in [0.25, 0.3) is 0 Å². The van der Waals surface area contributed by atoms with Crippen LogP contribution in [0.1, 0.15) is 209 Å². The molecule has 3 heteroatoms. The smallest absolute Gasteiger partial charge is 0.343 e. The SMILES string of the molecule is CCCCCCCCCCCCCCCCCCCCOC(C)c1ccc(-c2ccc(C(=O)Oc3ccc(C(CCC)CCCC)cc3)cc2)cc1. The zero-order chi connectivity index (χ0) is 37.1. The molecule has 0 aliphatic carbocycles. The molecule has 0 amide bonds. The van der Waals surface area contributed by atoms with Crippen LogP contribution in [0, 0.1) is 0 Å². The Bertz CT molecular complexity index is 1290. The van der Waals surface area contributed by atoms with Crippen LogP contribution in [0.5, 0.6) is 5.75 Å². The van der Waals surface area contributed by atoms with Crippen LogP contribution in [0.25, 0.3) is 11.1 Å². The molecule has 0 aliphatic rings. The highest BCUT2D eigenvalue weighted by Crippen LogP contribution is 2.29. The summed E-state index contributed by atoms with van der Waals surface area (Å²) < 4.78 is 11.9. The maximum absolute atomic E-state index is 12.9. The number of hydrogen-bond acceptors (Lipinski definition) is 3. The zero-order valence-corrected chi connectivity index (χ0v) is 33.8. The van der Waals surface area contributed by atoms with Crippen LogP contribution in [-0.4, -0.2) is 12.6 Å². The lowest BCUT2D eigenvalue weighted by atomic mass is 9.90. The fraction of sp³-hybridized carbons (Fsp3) is 0.612. The van der Waals surface area contributed by atoms with Gasteiger partial charge in [0.05, 0.1) is 11.7 Å². The third-order valence-corrected chi connectivity index (χ3v) is 10.8. The van der Waals surface area contributed by atoms with Gasteiger partial charge in [0.1, 0.15) is 5.75 Å². The van der Waals surface area contributed by atoms with Gasteiger partial charge < -0.3 is 9.47 Å². The van der Waals surface area contributed by atoms with Gasteiger partial charge in [-0.3, -0.25) is 0 Å². The van der Waals surface area contributed by atoms with Crippen LogP contribution in [-0.2, 0) is 4.74 Å². The van der Waals surface area contributed by atoms with Gasteiger partial charge in [-0.25, -0.2) is 4.79 Å². The number of unbranched alkanes of at least 4 members (excludes halogenated alkanes) is 18. The number of ether oxygens (including phenoxy) is 2. The molecule has 0 N–H and O–H groups in total. The van der Waals surface area contributed by atoms with Gasteiger partial charge in [0.15, 0.2) is 0 Å². The summed E-state index contributed by atoms with van der Waals surface area (Å²) in [6.45, 7) is 9.75. The van der Waals surface area contributed by atoms with E-state index < -0.39 is 0 Å². The summed E-state index contributed by atoms with van der Waals surface area (Å²) in [4.78, 5) is 12.9. The molecule has 0 fully saturated rings. The number of carbonyl (C=O) groups is 1. The second-order valence-electron chi connectivity index (χ2n) is 15.3. The summed E-state index contributed by atoms with van der Waals surface area (Å²) in [7, 11) is 0. The number of esters is 1. The van der Waals surface area contributed by atoms with Crippen LogP contribution in [0.3, 0.4) is 0 Å². The van der Waals surface area contributed by atoms with Gasteiger partial charge in [-0.2, -0.15) is 0 Å².